The first-order valence-electron chi connectivity index (χ1n) is 7.78. The van der Waals surface area contributed by atoms with Crippen molar-refractivity contribution in [3.05, 3.63) is 41.7 Å². The highest BCUT2D eigenvalue weighted by Gasteiger charge is 2.25. The van der Waals surface area contributed by atoms with Gasteiger partial charge in [0, 0.05) is 18.9 Å². The van der Waals surface area contributed by atoms with E-state index in [1.165, 1.54) is 4.68 Å². The lowest BCUT2D eigenvalue weighted by Gasteiger charge is -2.20. The molecule has 0 spiro atoms. The number of carboxylic acids is 1. The maximum atomic E-state index is 12.7. The summed E-state index contributed by atoms with van der Waals surface area (Å²) in [5.41, 5.74) is 0.991. The fourth-order valence-electron chi connectivity index (χ4n) is 2.41. The Hall–Kier alpha value is -2.77. The maximum Gasteiger partial charge on any atom is 0.303 e. The molecule has 2 N–H and O–H groups in total. The molecule has 1 aromatic carbocycles. The van der Waals surface area contributed by atoms with Crippen molar-refractivity contribution in [1.82, 2.24) is 25.5 Å². The van der Waals surface area contributed by atoms with Crippen LogP contribution in [0.5, 0.6) is 0 Å². The average Bonchev–Trinajstić information content (AvgIpc) is 2.97. The summed E-state index contributed by atoms with van der Waals surface area (Å²) in [6, 6.07) is 8.77. The minimum absolute atomic E-state index is 0.00864. The lowest BCUT2D eigenvalue weighted by Crippen LogP contribution is -2.40. The van der Waals surface area contributed by atoms with Crippen LogP contribution in [0.15, 0.2) is 30.3 Å². The number of aromatic nitrogens is 4. The second-order valence-corrected chi connectivity index (χ2v) is 5.72. The van der Waals surface area contributed by atoms with Gasteiger partial charge in [-0.2, -0.15) is 0 Å². The standard InChI is InChI=1S/C16H21N5O3/c1-11(8-9-15(22)23)17-16(24)14(21-12(2)18-19-20-21)10-13-6-4-3-5-7-13/h3-7,11,14H,8-10H2,1-2H3,(H,17,24)(H,22,23). The molecule has 1 amide bonds. The zero-order chi connectivity index (χ0) is 17.5. The molecular weight excluding hydrogens is 310 g/mol. The van der Waals surface area contributed by atoms with E-state index in [-0.39, 0.29) is 18.4 Å². The van der Waals surface area contributed by atoms with E-state index < -0.39 is 12.0 Å². The Bertz CT molecular complexity index is 686. The smallest absolute Gasteiger partial charge is 0.303 e. The Morgan fingerprint density at radius 3 is 2.58 bits per heavy atom. The first-order chi connectivity index (χ1) is 11.5. The number of amides is 1. The van der Waals surface area contributed by atoms with Crippen molar-refractivity contribution in [3.8, 4) is 0 Å². The van der Waals surface area contributed by atoms with Crippen LogP contribution in [-0.4, -0.2) is 43.2 Å². The molecule has 2 atom stereocenters. The van der Waals surface area contributed by atoms with Crippen molar-refractivity contribution in [1.29, 1.82) is 0 Å². The highest BCUT2D eigenvalue weighted by atomic mass is 16.4. The molecule has 2 unspecified atom stereocenters. The molecule has 0 aliphatic rings. The lowest BCUT2D eigenvalue weighted by atomic mass is 10.0. The van der Waals surface area contributed by atoms with Crippen LogP contribution in [0, 0.1) is 6.92 Å². The van der Waals surface area contributed by atoms with Gasteiger partial charge in [-0.3, -0.25) is 9.59 Å². The third-order valence-electron chi connectivity index (χ3n) is 3.71. The quantitative estimate of drug-likeness (QED) is 0.750. The Morgan fingerprint density at radius 1 is 1.29 bits per heavy atom. The molecule has 0 aliphatic carbocycles. The summed E-state index contributed by atoms with van der Waals surface area (Å²) in [5, 5.41) is 23.0. The predicted molar refractivity (Wildman–Crippen MR) is 86.2 cm³/mol. The van der Waals surface area contributed by atoms with E-state index >= 15 is 0 Å². The Kier molecular flexibility index (Phi) is 6.00. The van der Waals surface area contributed by atoms with Gasteiger partial charge in [-0.15, -0.1) is 5.10 Å². The van der Waals surface area contributed by atoms with Crippen molar-refractivity contribution >= 4 is 11.9 Å². The highest BCUT2D eigenvalue weighted by Crippen LogP contribution is 2.15. The van der Waals surface area contributed by atoms with Crippen LogP contribution in [0.2, 0.25) is 0 Å². The van der Waals surface area contributed by atoms with E-state index in [0.29, 0.717) is 18.7 Å². The zero-order valence-corrected chi connectivity index (χ0v) is 13.7. The molecule has 0 radical (unpaired) electrons. The van der Waals surface area contributed by atoms with Gasteiger partial charge in [0.1, 0.15) is 11.9 Å². The fourth-order valence-corrected chi connectivity index (χ4v) is 2.41. The number of aliphatic carboxylic acids is 1. The van der Waals surface area contributed by atoms with Crippen LogP contribution in [-0.2, 0) is 16.0 Å². The van der Waals surface area contributed by atoms with Gasteiger partial charge in [0.25, 0.3) is 0 Å². The van der Waals surface area contributed by atoms with E-state index in [1.807, 2.05) is 30.3 Å². The Balaban J connectivity index is 2.12. The van der Waals surface area contributed by atoms with Gasteiger partial charge < -0.3 is 10.4 Å². The molecular formula is C16H21N5O3. The van der Waals surface area contributed by atoms with Gasteiger partial charge in [0.15, 0.2) is 0 Å². The summed E-state index contributed by atoms with van der Waals surface area (Å²) in [7, 11) is 0. The summed E-state index contributed by atoms with van der Waals surface area (Å²) in [5.74, 6) is -0.565. The van der Waals surface area contributed by atoms with Crippen LogP contribution < -0.4 is 5.32 Å². The molecule has 128 valence electrons. The normalized spacial score (nSPS) is 13.2. The van der Waals surface area contributed by atoms with Gasteiger partial charge in [-0.25, -0.2) is 4.68 Å². The van der Waals surface area contributed by atoms with Crippen LogP contribution in [0.1, 0.15) is 37.2 Å². The molecule has 8 nitrogen and oxygen atoms in total. The monoisotopic (exact) mass is 331 g/mol. The summed E-state index contributed by atoms with van der Waals surface area (Å²) >= 11 is 0. The van der Waals surface area contributed by atoms with Gasteiger partial charge in [0.05, 0.1) is 0 Å². The number of nitrogens with one attached hydrogen (secondary N) is 1. The molecule has 1 aromatic heterocycles. The van der Waals surface area contributed by atoms with E-state index in [9.17, 15) is 9.59 Å². The van der Waals surface area contributed by atoms with E-state index in [0.717, 1.165) is 5.56 Å². The third-order valence-corrected chi connectivity index (χ3v) is 3.71. The van der Waals surface area contributed by atoms with Crippen LogP contribution >= 0.6 is 0 Å². The SMILES string of the molecule is Cc1nnnn1C(Cc1ccccc1)C(=O)NC(C)CCC(=O)O. The molecule has 1 heterocycles. The average molecular weight is 331 g/mol. The Morgan fingerprint density at radius 2 is 2.00 bits per heavy atom. The number of rotatable bonds is 8. The van der Waals surface area contributed by atoms with E-state index in [1.54, 1.807) is 13.8 Å². The summed E-state index contributed by atoms with van der Waals surface area (Å²) in [6.45, 7) is 3.52. The first kappa shape index (κ1) is 17.6. The number of tetrazole rings is 1. The van der Waals surface area contributed by atoms with Crippen molar-refractivity contribution in [2.75, 3.05) is 0 Å². The first-order valence-corrected chi connectivity index (χ1v) is 7.78. The molecule has 24 heavy (non-hydrogen) atoms. The molecule has 2 aromatic rings. The molecule has 0 aliphatic heterocycles. The molecule has 2 rings (SSSR count). The summed E-state index contributed by atoms with van der Waals surface area (Å²) < 4.78 is 1.49. The summed E-state index contributed by atoms with van der Waals surface area (Å²) in [6.07, 6.45) is 0.826. The number of aryl methyl sites for hydroxylation is 1. The number of carbonyl (C=O) groups excluding carboxylic acids is 1. The highest BCUT2D eigenvalue weighted by molar-refractivity contribution is 5.81. The van der Waals surface area contributed by atoms with Crippen LogP contribution in [0.25, 0.3) is 0 Å². The minimum Gasteiger partial charge on any atom is -0.481 e. The topological polar surface area (TPSA) is 110 Å². The minimum atomic E-state index is -0.881. The van der Waals surface area contributed by atoms with Crippen molar-refractivity contribution in [2.45, 2.75) is 45.2 Å². The van der Waals surface area contributed by atoms with Crippen molar-refractivity contribution in [2.24, 2.45) is 0 Å². The van der Waals surface area contributed by atoms with Gasteiger partial charge in [0.2, 0.25) is 5.91 Å². The lowest BCUT2D eigenvalue weighted by molar-refractivity contribution is -0.137. The number of carbonyl (C=O) groups is 2. The Labute approximate surface area is 139 Å². The molecule has 0 saturated heterocycles. The summed E-state index contributed by atoms with van der Waals surface area (Å²) in [4.78, 5) is 23.3. The van der Waals surface area contributed by atoms with Crippen LogP contribution in [0.4, 0.5) is 0 Å². The zero-order valence-electron chi connectivity index (χ0n) is 13.7. The van der Waals surface area contributed by atoms with E-state index in [2.05, 4.69) is 20.8 Å². The molecule has 0 bridgehead atoms. The van der Waals surface area contributed by atoms with E-state index in [4.69, 9.17) is 5.11 Å². The molecule has 0 saturated carbocycles. The van der Waals surface area contributed by atoms with Gasteiger partial charge >= 0.3 is 5.97 Å². The second kappa shape index (κ2) is 8.19. The predicted octanol–water partition coefficient (Wildman–Crippen LogP) is 1.13. The van der Waals surface area contributed by atoms with Crippen molar-refractivity contribution < 1.29 is 14.7 Å². The van der Waals surface area contributed by atoms with Crippen molar-refractivity contribution in [3.63, 3.8) is 0 Å². The fraction of sp³-hybridized carbons (Fsp3) is 0.438. The third kappa shape index (κ3) is 4.87. The number of hydrogen-bond donors (Lipinski definition) is 2. The largest absolute Gasteiger partial charge is 0.481 e. The number of carboxylic acid groups (broad SMARTS) is 1. The number of benzene rings is 1. The van der Waals surface area contributed by atoms with Gasteiger partial charge in [-0.05, 0) is 36.3 Å². The van der Waals surface area contributed by atoms with Crippen LogP contribution in [0.3, 0.4) is 0 Å². The number of hydrogen-bond acceptors (Lipinski definition) is 5. The number of nitrogens with zero attached hydrogens (tertiary/aromatic N) is 4. The molecule has 0 fully saturated rings. The second-order valence-electron chi connectivity index (χ2n) is 5.72. The maximum absolute atomic E-state index is 12.7. The van der Waals surface area contributed by atoms with Gasteiger partial charge in [-0.1, -0.05) is 30.3 Å². The molecule has 8 heteroatoms.